The summed E-state index contributed by atoms with van der Waals surface area (Å²) in [4.78, 5) is 13.9. The second-order valence-corrected chi connectivity index (χ2v) is 4.36. The Bertz CT molecular complexity index is 333. The number of thiol groups is 1. The first-order valence-corrected chi connectivity index (χ1v) is 5.82. The van der Waals surface area contributed by atoms with Gasteiger partial charge in [-0.1, -0.05) is 30.3 Å². The van der Waals surface area contributed by atoms with Crippen LogP contribution in [0.3, 0.4) is 0 Å². The number of hydrogen-bond donors (Lipinski definition) is 1. The third-order valence-corrected chi connectivity index (χ3v) is 3.29. The predicted octanol–water partition coefficient (Wildman–Crippen LogP) is 2.28. The fraction of sp³-hybridized carbons (Fsp3) is 0.417. The molecule has 0 radical (unpaired) electrons. The molecule has 2 nitrogen and oxygen atoms in total. The minimum Gasteiger partial charge on any atom is -0.341 e. The molecule has 15 heavy (non-hydrogen) atoms. The van der Waals surface area contributed by atoms with E-state index < -0.39 is 0 Å². The van der Waals surface area contributed by atoms with Gasteiger partial charge in [-0.15, -0.1) is 0 Å². The minimum atomic E-state index is -0.302. The first-order valence-electron chi connectivity index (χ1n) is 5.31. The number of carbonyl (C=O) groups excluding carboxylic acids is 1. The molecule has 2 rings (SSSR count). The number of hydrogen-bond acceptors (Lipinski definition) is 2. The van der Waals surface area contributed by atoms with Gasteiger partial charge < -0.3 is 4.90 Å². The van der Waals surface area contributed by atoms with Crippen molar-refractivity contribution in [2.45, 2.75) is 18.1 Å². The Kier molecular flexibility index (Phi) is 3.31. The van der Waals surface area contributed by atoms with Gasteiger partial charge in [0.25, 0.3) is 0 Å². The van der Waals surface area contributed by atoms with Crippen LogP contribution < -0.4 is 0 Å². The molecule has 1 aromatic rings. The van der Waals surface area contributed by atoms with Gasteiger partial charge in [-0.3, -0.25) is 4.79 Å². The van der Waals surface area contributed by atoms with Gasteiger partial charge in [0.2, 0.25) is 5.91 Å². The van der Waals surface area contributed by atoms with E-state index in [4.69, 9.17) is 0 Å². The van der Waals surface area contributed by atoms with Crippen molar-refractivity contribution in [1.29, 1.82) is 0 Å². The van der Waals surface area contributed by atoms with Crippen molar-refractivity contribution < 1.29 is 4.79 Å². The van der Waals surface area contributed by atoms with E-state index in [0.717, 1.165) is 31.5 Å². The van der Waals surface area contributed by atoms with Gasteiger partial charge in [0.05, 0.1) is 0 Å². The maximum absolute atomic E-state index is 12.0. The maximum Gasteiger partial charge on any atom is 0.239 e. The van der Waals surface area contributed by atoms with Gasteiger partial charge in [-0.25, -0.2) is 0 Å². The number of rotatable bonds is 2. The molecule has 0 saturated carbocycles. The van der Waals surface area contributed by atoms with E-state index in [9.17, 15) is 4.79 Å². The highest BCUT2D eigenvalue weighted by molar-refractivity contribution is 7.81. The lowest BCUT2D eigenvalue weighted by molar-refractivity contribution is -0.129. The van der Waals surface area contributed by atoms with Crippen molar-refractivity contribution in [2.75, 3.05) is 13.1 Å². The second kappa shape index (κ2) is 4.71. The maximum atomic E-state index is 12.0. The molecule has 1 aliphatic rings. The SMILES string of the molecule is O=C(C(S)c1ccccc1)N1CCCC1. The molecule has 0 aliphatic carbocycles. The zero-order valence-electron chi connectivity index (χ0n) is 8.60. The van der Waals surface area contributed by atoms with Crippen molar-refractivity contribution in [3.05, 3.63) is 35.9 Å². The third kappa shape index (κ3) is 2.34. The predicted molar refractivity (Wildman–Crippen MR) is 64.0 cm³/mol. The largest absolute Gasteiger partial charge is 0.341 e. The van der Waals surface area contributed by atoms with Crippen molar-refractivity contribution in [3.63, 3.8) is 0 Å². The summed E-state index contributed by atoms with van der Waals surface area (Å²) in [6.07, 6.45) is 2.25. The van der Waals surface area contributed by atoms with Crippen molar-refractivity contribution >= 4 is 18.5 Å². The molecular formula is C12H15NOS. The van der Waals surface area contributed by atoms with Gasteiger partial charge in [-0.2, -0.15) is 12.6 Å². The first kappa shape index (κ1) is 10.6. The van der Waals surface area contributed by atoms with Gasteiger partial charge in [0.1, 0.15) is 5.25 Å². The van der Waals surface area contributed by atoms with E-state index in [1.165, 1.54) is 0 Å². The number of carbonyl (C=O) groups is 1. The van der Waals surface area contributed by atoms with Crippen LogP contribution in [-0.4, -0.2) is 23.9 Å². The molecule has 1 unspecified atom stereocenters. The molecule has 0 aromatic heterocycles. The highest BCUT2D eigenvalue weighted by atomic mass is 32.1. The van der Waals surface area contributed by atoms with Gasteiger partial charge in [0, 0.05) is 13.1 Å². The van der Waals surface area contributed by atoms with Crippen LogP contribution in [0.5, 0.6) is 0 Å². The second-order valence-electron chi connectivity index (χ2n) is 3.85. The normalized spacial score (nSPS) is 17.8. The lowest BCUT2D eigenvalue weighted by Gasteiger charge is -2.19. The van der Waals surface area contributed by atoms with E-state index in [1.54, 1.807) is 0 Å². The summed E-state index contributed by atoms with van der Waals surface area (Å²) in [5.41, 5.74) is 0.984. The highest BCUT2D eigenvalue weighted by Crippen LogP contribution is 2.24. The first-order chi connectivity index (χ1) is 7.29. The van der Waals surface area contributed by atoms with Crippen LogP contribution in [0.25, 0.3) is 0 Å². The van der Waals surface area contributed by atoms with Gasteiger partial charge in [-0.05, 0) is 18.4 Å². The smallest absolute Gasteiger partial charge is 0.239 e. The fourth-order valence-electron chi connectivity index (χ4n) is 1.89. The van der Waals surface area contributed by atoms with Gasteiger partial charge in [0.15, 0.2) is 0 Å². The molecular weight excluding hydrogens is 206 g/mol. The van der Waals surface area contributed by atoms with Crippen LogP contribution in [0.2, 0.25) is 0 Å². The number of likely N-dealkylation sites (tertiary alicyclic amines) is 1. The zero-order valence-corrected chi connectivity index (χ0v) is 9.49. The summed E-state index contributed by atoms with van der Waals surface area (Å²) >= 11 is 4.40. The Morgan fingerprint density at radius 3 is 2.40 bits per heavy atom. The molecule has 1 aliphatic heterocycles. The number of nitrogens with zero attached hydrogens (tertiary/aromatic N) is 1. The Hall–Kier alpha value is -0.960. The molecule has 1 saturated heterocycles. The van der Waals surface area contributed by atoms with E-state index in [0.29, 0.717) is 0 Å². The number of benzene rings is 1. The average molecular weight is 221 g/mol. The molecule has 0 N–H and O–H groups in total. The number of amides is 1. The van der Waals surface area contributed by atoms with E-state index >= 15 is 0 Å². The van der Waals surface area contributed by atoms with Crippen LogP contribution >= 0.6 is 12.6 Å². The van der Waals surface area contributed by atoms with Gasteiger partial charge >= 0.3 is 0 Å². The van der Waals surface area contributed by atoms with Crippen LogP contribution in [0.1, 0.15) is 23.7 Å². The lowest BCUT2D eigenvalue weighted by atomic mass is 10.1. The van der Waals surface area contributed by atoms with E-state index in [-0.39, 0.29) is 11.2 Å². The lowest BCUT2D eigenvalue weighted by Crippen LogP contribution is -2.30. The summed E-state index contributed by atoms with van der Waals surface area (Å²) in [5, 5.41) is -0.302. The zero-order chi connectivity index (χ0) is 10.7. The van der Waals surface area contributed by atoms with Crippen LogP contribution in [0.15, 0.2) is 30.3 Å². The molecule has 3 heteroatoms. The summed E-state index contributed by atoms with van der Waals surface area (Å²) in [6.45, 7) is 1.78. The van der Waals surface area contributed by atoms with Crippen molar-refractivity contribution in [1.82, 2.24) is 4.90 Å². The van der Waals surface area contributed by atoms with E-state index in [2.05, 4.69) is 12.6 Å². The third-order valence-electron chi connectivity index (χ3n) is 2.77. The Balaban J connectivity index is 2.07. The Labute approximate surface area is 95.7 Å². The molecule has 1 amide bonds. The summed E-state index contributed by atoms with van der Waals surface area (Å²) in [7, 11) is 0. The molecule has 1 atom stereocenters. The standard InChI is InChI=1S/C12H15NOS/c14-12(13-8-4-5-9-13)11(15)10-6-2-1-3-7-10/h1-3,6-7,11,15H,4-5,8-9H2. The highest BCUT2D eigenvalue weighted by Gasteiger charge is 2.24. The Morgan fingerprint density at radius 1 is 1.20 bits per heavy atom. The quantitative estimate of drug-likeness (QED) is 0.760. The molecule has 0 spiro atoms. The van der Waals surface area contributed by atoms with Crippen LogP contribution in [-0.2, 0) is 4.79 Å². The molecule has 1 heterocycles. The fourth-order valence-corrected chi connectivity index (χ4v) is 2.22. The minimum absolute atomic E-state index is 0.141. The monoisotopic (exact) mass is 221 g/mol. The molecule has 1 fully saturated rings. The average Bonchev–Trinajstić information content (AvgIpc) is 2.82. The molecule has 80 valence electrons. The van der Waals surface area contributed by atoms with Crippen LogP contribution in [0, 0.1) is 0 Å². The molecule has 0 bridgehead atoms. The van der Waals surface area contributed by atoms with Crippen molar-refractivity contribution in [2.24, 2.45) is 0 Å². The molecule has 1 aromatic carbocycles. The van der Waals surface area contributed by atoms with Crippen LogP contribution in [0.4, 0.5) is 0 Å². The topological polar surface area (TPSA) is 20.3 Å². The summed E-state index contributed by atoms with van der Waals surface area (Å²) < 4.78 is 0. The Morgan fingerprint density at radius 2 is 1.80 bits per heavy atom. The summed E-state index contributed by atoms with van der Waals surface area (Å²) in [6, 6.07) is 9.73. The summed E-state index contributed by atoms with van der Waals surface area (Å²) in [5.74, 6) is 0.141. The van der Waals surface area contributed by atoms with E-state index in [1.807, 2.05) is 35.2 Å². The van der Waals surface area contributed by atoms with Crippen molar-refractivity contribution in [3.8, 4) is 0 Å².